The summed E-state index contributed by atoms with van der Waals surface area (Å²) in [7, 11) is -0.121. The number of aryl methyl sites for hydroxylation is 1. The first-order chi connectivity index (χ1) is 8.49. The van der Waals surface area contributed by atoms with Crippen LogP contribution in [-0.2, 0) is 16.8 Å². The summed E-state index contributed by atoms with van der Waals surface area (Å²) in [5.74, 6) is 0.345. The van der Waals surface area contributed by atoms with E-state index in [1.165, 1.54) is 4.31 Å². The number of anilines is 1. The normalized spacial score (nSPS) is 12.0. The lowest BCUT2D eigenvalue weighted by atomic mass is 10.4. The van der Waals surface area contributed by atoms with E-state index in [1.807, 2.05) is 14.0 Å². The standard InChI is InChI=1S/C10H21N5O2S/c1-4-15-9-6-10(12-15)13-18(16,17)14(3)8-5-7-11-2/h6,9,11H,4-5,7-8H2,1-3H3,(H,12,13). The van der Waals surface area contributed by atoms with Crippen molar-refractivity contribution in [1.29, 1.82) is 0 Å². The van der Waals surface area contributed by atoms with Gasteiger partial charge in [0, 0.05) is 32.4 Å². The van der Waals surface area contributed by atoms with Crippen LogP contribution in [-0.4, -0.2) is 49.7 Å². The molecule has 8 heteroatoms. The third kappa shape index (κ3) is 4.28. The molecule has 1 heterocycles. The summed E-state index contributed by atoms with van der Waals surface area (Å²) in [5.41, 5.74) is 0. The monoisotopic (exact) mass is 275 g/mol. The molecular weight excluding hydrogens is 254 g/mol. The molecular formula is C10H21N5O2S. The molecule has 0 aliphatic rings. The van der Waals surface area contributed by atoms with Crippen molar-refractivity contribution in [3.63, 3.8) is 0 Å². The predicted octanol–water partition coefficient (Wildman–Crippen LogP) is 0.101. The van der Waals surface area contributed by atoms with Gasteiger partial charge < -0.3 is 5.32 Å². The SMILES string of the molecule is CCn1ccc(NS(=O)(=O)N(C)CCCNC)n1. The Kier molecular flexibility index (Phi) is 5.57. The minimum absolute atomic E-state index is 0.345. The van der Waals surface area contributed by atoms with Crippen LogP contribution in [0.15, 0.2) is 12.3 Å². The van der Waals surface area contributed by atoms with E-state index in [2.05, 4.69) is 15.1 Å². The first-order valence-electron chi connectivity index (χ1n) is 5.91. The Morgan fingerprint density at radius 3 is 2.78 bits per heavy atom. The molecule has 0 aliphatic heterocycles. The third-order valence-corrected chi connectivity index (χ3v) is 3.98. The van der Waals surface area contributed by atoms with E-state index in [4.69, 9.17) is 0 Å². The number of aromatic nitrogens is 2. The highest BCUT2D eigenvalue weighted by Crippen LogP contribution is 2.07. The lowest BCUT2D eigenvalue weighted by Crippen LogP contribution is -2.34. The van der Waals surface area contributed by atoms with Crippen molar-refractivity contribution < 1.29 is 8.42 Å². The van der Waals surface area contributed by atoms with Crippen molar-refractivity contribution >= 4 is 16.0 Å². The smallest absolute Gasteiger partial charge is 0.302 e. The first-order valence-corrected chi connectivity index (χ1v) is 7.35. The second-order valence-corrected chi connectivity index (χ2v) is 5.72. The van der Waals surface area contributed by atoms with E-state index in [9.17, 15) is 8.42 Å². The summed E-state index contributed by atoms with van der Waals surface area (Å²) >= 11 is 0. The molecule has 0 radical (unpaired) electrons. The maximum Gasteiger partial charge on any atom is 0.302 e. The molecule has 7 nitrogen and oxygen atoms in total. The highest BCUT2D eigenvalue weighted by atomic mass is 32.2. The Labute approximate surface area is 108 Å². The van der Waals surface area contributed by atoms with Crippen LogP contribution >= 0.6 is 0 Å². The zero-order valence-corrected chi connectivity index (χ0v) is 11.9. The Morgan fingerprint density at radius 1 is 1.50 bits per heavy atom. The molecule has 0 saturated heterocycles. The fourth-order valence-electron chi connectivity index (χ4n) is 1.40. The van der Waals surface area contributed by atoms with E-state index in [1.54, 1.807) is 24.0 Å². The molecule has 0 aromatic carbocycles. The predicted molar refractivity (Wildman–Crippen MR) is 71.6 cm³/mol. The largest absolute Gasteiger partial charge is 0.320 e. The molecule has 1 rings (SSSR count). The molecule has 0 fully saturated rings. The van der Waals surface area contributed by atoms with Crippen LogP contribution in [0.4, 0.5) is 5.82 Å². The number of rotatable bonds is 8. The van der Waals surface area contributed by atoms with Crippen molar-refractivity contribution in [2.24, 2.45) is 0 Å². The van der Waals surface area contributed by atoms with Crippen LogP contribution in [0.1, 0.15) is 13.3 Å². The first kappa shape index (κ1) is 14.9. The second-order valence-electron chi connectivity index (χ2n) is 3.94. The van der Waals surface area contributed by atoms with E-state index in [-0.39, 0.29) is 0 Å². The lowest BCUT2D eigenvalue weighted by Gasteiger charge is -2.16. The van der Waals surface area contributed by atoms with Crippen molar-refractivity contribution in [1.82, 2.24) is 19.4 Å². The Bertz CT molecular complexity index is 457. The zero-order valence-electron chi connectivity index (χ0n) is 11.0. The highest BCUT2D eigenvalue weighted by Gasteiger charge is 2.17. The highest BCUT2D eigenvalue weighted by molar-refractivity contribution is 7.90. The number of nitrogens with one attached hydrogen (secondary N) is 2. The summed E-state index contributed by atoms with van der Waals surface area (Å²) in [6.45, 7) is 3.89. The fourth-order valence-corrected chi connectivity index (χ4v) is 2.30. The van der Waals surface area contributed by atoms with Gasteiger partial charge in [-0.3, -0.25) is 9.40 Å². The van der Waals surface area contributed by atoms with Gasteiger partial charge in [0.15, 0.2) is 5.82 Å². The van der Waals surface area contributed by atoms with Gasteiger partial charge in [0.25, 0.3) is 0 Å². The van der Waals surface area contributed by atoms with Crippen molar-refractivity contribution in [3.8, 4) is 0 Å². The van der Waals surface area contributed by atoms with Crippen LogP contribution in [0.25, 0.3) is 0 Å². The fraction of sp³-hybridized carbons (Fsp3) is 0.700. The van der Waals surface area contributed by atoms with Crippen molar-refractivity contribution in [2.45, 2.75) is 19.9 Å². The van der Waals surface area contributed by atoms with Gasteiger partial charge >= 0.3 is 10.2 Å². The van der Waals surface area contributed by atoms with Gasteiger partial charge in [-0.05, 0) is 26.9 Å². The number of hydrogen-bond donors (Lipinski definition) is 2. The molecule has 0 aliphatic carbocycles. The van der Waals surface area contributed by atoms with Crippen LogP contribution in [0, 0.1) is 0 Å². The third-order valence-electron chi connectivity index (χ3n) is 2.51. The zero-order chi connectivity index (χ0) is 13.6. The molecule has 1 aromatic rings. The lowest BCUT2D eigenvalue weighted by molar-refractivity contribution is 0.462. The molecule has 0 bridgehead atoms. The summed E-state index contributed by atoms with van der Waals surface area (Å²) < 4.78 is 29.3. The average Bonchev–Trinajstić information content (AvgIpc) is 2.76. The Hall–Kier alpha value is -1.12. The van der Waals surface area contributed by atoms with Gasteiger partial charge in [-0.15, -0.1) is 0 Å². The van der Waals surface area contributed by atoms with Gasteiger partial charge in [-0.2, -0.15) is 17.8 Å². The summed E-state index contributed by atoms with van der Waals surface area (Å²) in [6, 6.07) is 1.64. The molecule has 0 unspecified atom stereocenters. The molecule has 0 spiro atoms. The quantitative estimate of drug-likeness (QED) is 0.660. The minimum Gasteiger partial charge on any atom is -0.320 e. The molecule has 0 amide bonds. The van der Waals surface area contributed by atoms with Gasteiger partial charge in [0.2, 0.25) is 0 Å². The van der Waals surface area contributed by atoms with Gasteiger partial charge in [-0.25, -0.2) is 0 Å². The van der Waals surface area contributed by atoms with E-state index in [0.29, 0.717) is 18.9 Å². The molecule has 1 aromatic heterocycles. The molecule has 2 N–H and O–H groups in total. The van der Waals surface area contributed by atoms with Gasteiger partial charge in [0.1, 0.15) is 0 Å². The van der Waals surface area contributed by atoms with E-state index >= 15 is 0 Å². The topological polar surface area (TPSA) is 79.3 Å². The summed E-state index contributed by atoms with van der Waals surface area (Å²) in [6.07, 6.45) is 2.50. The Morgan fingerprint density at radius 2 is 2.22 bits per heavy atom. The van der Waals surface area contributed by atoms with E-state index in [0.717, 1.165) is 13.0 Å². The van der Waals surface area contributed by atoms with Crippen molar-refractivity contribution in [2.75, 3.05) is 31.9 Å². The Balaban J connectivity index is 2.57. The maximum atomic E-state index is 11.9. The number of hydrogen-bond acceptors (Lipinski definition) is 4. The van der Waals surface area contributed by atoms with E-state index < -0.39 is 10.2 Å². The summed E-state index contributed by atoms with van der Waals surface area (Å²) in [4.78, 5) is 0. The number of nitrogens with zero attached hydrogens (tertiary/aromatic N) is 3. The van der Waals surface area contributed by atoms with Crippen LogP contribution in [0.2, 0.25) is 0 Å². The molecule has 0 saturated carbocycles. The van der Waals surface area contributed by atoms with Gasteiger partial charge in [-0.1, -0.05) is 0 Å². The van der Waals surface area contributed by atoms with Crippen LogP contribution in [0.5, 0.6) is 0 Å². The molecule has 0 atom stereocenters. The molecule has 18 heavy (non-hydrogen) atoms. The average molecular weight is 275 g/mol. The second kappa shape index (κ2) is 6.72. The van der Waals surface area contributed by atoms with Gasteiger partial charge in [0.05, 0.1) is 0 Å². The van der Waals surface area contributed by atoms with Crippen molar-refractivity contribution in [3.05, 3.63) is 12.3 Å². The summed E-state index contributed by atoms with van der Waals surface area (Å²) in [5, 5.41) is 7.06. The van der Waals surface area contributed by atoms with Crippen LogP contribution in [0.3, 0.4) is 0 Å². The maximum absolute atomic E-state index is 11.9. The minimum atomic E-state index is -3.51. The van der Waals surface area contributed by atoms with Crippen LogP contribution < -0.4 is 10.0 Å². The molecule has 104 valence electrons.